The number of nitrogens with one attached hydrogen (secondary N) is 1. The van der Waals surface area contributed by atoms with Gasteiger partial charge in [-0.2, -0.15) is 0 Å². The summed E-state index contributed by atoms with van der Waals surface area (Å²) >= 11 is 5.96. The second kappa shape index (κ2) is 3.64. The van der Waals surface area contributed by atoms with Gasteiger partial charge < -0.3 is 5.32 Å². The Bertz CT molecular complexity index is 306. The van der Waals surface area contributed by atoms with Crippen LogP contribution in [0.25, 0.3) is 0 Å². The molecule has 1 aromatic heterocycles. The van der Waals surface area contributed by atoms with Gasteiger partial charge in [0.25, 0.3) is 0 Å². The minimum atomic E-state index is 0.625. The molecule has 0 aliphatic carbocycles. The van der Waals surface area contributed by atoms with Gasteiger partial charge in [-0.3, -0.25) is 0 Å². The summed E-state index contributed by atoms with van der Waals surface area (Å²) in [6.07, 6.45) is 3.00. The van der Waals surface area contributed by atoms with Crippen molar-refractivity contribution in [3.8, 4) is 0 Å². The first-order chi connectivity index (χ1) is 6.29. The molecule has 1 saturated heterocycles. The van der Waals surface area contributed by atoms with E-state index in [0.717, 1.165) is 18.7 Å². The Labute approximate surface area is 83.3 Å². The molecule has 13 heavy (non-hydrogen) atoms. The van der Waals surface area contributed by atoms with Crippen molar-refractivity contribution in [2.75, 3.05) is 13.1 Å². The molecular formula is C10H13ClN2. The number of nitrogens with zero attached hydrogens (tertiary/aromatic N) is 1. The van der Waals surface area contributed by atoms with Gasteiger partial charge in [0, 0.05) is 12.7 Å². The SMILES string of the molecule is Cc1c(C2CCNC2)ccnc1Cl. The average molecular weight is 197 g/mol. The fourth-order valence-electron chi connectivity index (χ4n) is 1.89. The molecule has 0 bridgehead atoms. The molecule has 2 rings (SSSR count). The van der Waals surface area contributed by atoms with E-state index in [4.69, 9.17) is 11.6 Å². The van der Waals surface area contributed by atoms with Crippen LogP contribution in [-0.4, -0.2) is 18.1 Å². The molecule has 70 valence electrons. The lowest BCUT2D eigenvalue weighted by Crippen LogP contribution is -2.09. The normalized spacial score (nSPS) is 22.2. The van der Waals surface area contributed by atoms with Crippen molar-refractivity contribution in [3.63, 3.8) is 0 Å². The molecule has 1 N–H and O–H groups in total. The molecular weight excluding hydrogens is 184 g/mol. The van der Waals surface area contributed by atoms with Crippen LogP contribution in [0, 0.1) is 6.92 Å². The van der Waals surface area contributed by atoms with E-state index in [1.54, 1.807) is 6.20 Å². The lowest BCUT2D eigenvalue weighted by Gasteiger charge is -2.12. The topological polar surface area (TPSA) is 24.9 Å². The monoisotopic (exact) mass is 196 g/mol. The second-order valence-corrected chi connectivity index (χ2v) is 3.86. The van der Waals surface area contributed by atoms with Crippen molar-refractivity contribution in [2.24, 2.45) is 0 Å². The third kappa shape index (κ3) is 1.69. The van der Waals surface area contributed by atoms with E-state index in [2.05, 4.69) is 16.4 Å². The van der Waals surface area contributed by atoms with Gasteiger partial charge in [0.2, 0.25) is 0 Å². The summed E-state index contributed by atoms with van der Waals surface area (Å²) in [6.45, 7) is 4.23. The Morgan fingerprint density at radius 2 is 2.46 bits per heavy atom. The van der Waals surface area contributed by atoms with Crippen molar-refractivity contribution in [3.05, 3.63) is 28.5 Å². The van der Waals surface area contributed by atoms with Crippen LogP contribution >= 0.6 is 11.6 Å². The molecule has 0 aromatic carbocycles. The van der Waals surface area contributed by atoms with E-state index in [9.17, 15) is 0 Å². The number of rotatable bonds is 1. The fourth-order valence-corrected chi connectivity index (χ4v) is 2.05. The minimum absolute atomic E-state index is 0.625. The largest absolute Gasteiger partial charge is 0.316 e. The smallest absolute Gasteiger partial charge is 0.132 e. The zero-order chi connectivity index (χ0) is 9.26. The summed E-state index contributed by atoms with van der Waals surface area (Å²) in [4.78, 5) is 4.06. The molecule has 1 aliphatic heterocycles. The first-order valence-electron chi connectivity index (χ1n) is 4.61. The van der Waals surface area contributed by atoms with Crippen molar-refractivity contribution in [1.29, 1.82) is 0 Å². The number of halogens is 1. The minimum Gasteiger partial charge on any atom is -0.316 e. The lowest BCUT2D eigenvalue weighted by molar-refractivity contribution is 0.755. The highest BCUT2D eigenvalue weighted by atomic mass is 35.5. The number of aromatic nitrogens is 1. The molecule has 2 heterocycles. The summed E-state index contributed by atoms with van der Waals surface area (Å²) in [5.74, 6) is 0.625. The van der Waals surface area contributed by atoms with Crippen molar-refractivity contribution >= 4 is 11.6 Å². The van der Waals surface area contributed by atoms with Crippen LogP contribution in [0.5, 0.6) is 0 Å². The van der Waals surface area contributed by atoms with E-state index in [1.807, 2.05) is 6.92 Å². The Morgan fingerprint density at radius 1 is 1.62 bits per heavy atom. The maximum atomic E-state index is 5.96. The number of pyridine rings is 1. The molecule has 0 amide bonds. The van der Waals surface area contributed by atoms with Gasteiger partial charge in [-0.15, -0.1) is 0 Å². The Balaban J connectivity index is 2.33. The van der Waals surface area contributed by atoms with Crippen molar-refractivity contribution < 1.29 is 0 Å². The first kappa shape index (κ1) is 8.97. The quantitative estimate of drug-likeness (QED) is 0.697. The first-order valence-corrected chi connectivity index (χ1v) is 4.98. The Kier molecular flexibility index (Phi) is 2.51. The molecule has 1 unspecified atom stereocenters. The summed E-state index contributed by atoms with van der Waals surface area (Å²) in [7, 11) is 0. The van der Waals surface area contributed by atoms with Crippen LogP contribution < -0.4 is 5.32 Å². The standard InChI is InChI=1S/C10H13ClN2/c1-7-9(3-5-13-10(7)11)8-2-4-12-6-8/h3,5,8,12H,2,4,6H2,1H3. The predicted octanol–water partition coefficient (Wildman–Crippen LogP) is 2.12. The van der Waals surface area contributed by atoms with E-state index < -0.39 is 0 Å². The number of hydrogen-bond donors (Lipinski definition) is 1. The van der Waals surface area contributed by atoms with Gasteiger partial charge in [0.15, 0.2) is 0 Å². The van der Waals surface area contributed by atoms with Crippen molar-refractivity contribution in [1.82, 2.24) is 10.3 Å². The maximum Gasteiger partial charge on any atom is 0.132 e. The molecule has 2 nitrogen and oxygen atoms in total. The van der Waals surface area contributed by atoms with Gasteiger partial charge >= 0.3 is 0 Å². The third-order valence-corrected chi connectivity index (χ3v) is 3.07. The zero-order valence-corrected chi connectivity index (χ0v) is 8.43. The zero-order valence-electron chi connectivity index (χ0n) is 7.68. The van der Waals surface area contributed by atoms with Crippen LogP contribution in [0.2, 0.25) is 5.15 Å². The van der Waals surface area contributed by atoms with Gasteiger partial charge in [-0.1, -0.05) is 11.6 Å². The Hall–Kier alpha value is -0.600. The summed E-state index contributed by atoms with van der Waals surface area (Å²) in [5.41, 5.74) is 2.49. The molecule has 1 aromatic rings. The fraction of sp³-hybridized carbons (Fsp3) is 0.500. The lowest BCUT2D eigenvalue weighted by atomic mass is 9.96. The summed E-state index contributed by atoms with van der Waals surface area (Å²) in [6, 6.07) is 2.08. The summed E-state index contributed by atoms with van der Waals surface area (Å²) < 4.78 is 0. The molecule has 0 saturated carbocycles. The highest BCUT2D eigenvalue weighted by Gasteiger charge is 2.19. The van der Waals surface area contributed by atoms with Crippen LogP contribution in [0.4, 0.5) is 0 Å². The van der Waals surface area contributed by atoms with Gasteiger partial charge in [-0.05, 0) is 43.0 Å². The molecule has 0 spiro atoms. The van der Waals surface area contributed by atoms with E-state index in [0.29, 0.717) is 11.1 Å². The maximum absolute atomic E-state index is 5.96. The number of hydrogen-bond acceptors (Lipinski definition) is 2. The molecule has 1 aliphatic rings. The molecule has 0 radical (unpaired) electrons. The Morgan fingerprint density at radius 3 is 3.15 bits per heavy atom. The predicted molar refractivity (Wildman–Crippen MR) is 54.2 cm³/mol. The summed E-state index contributed by atoms with van der Waals surface area (Å²) in [5, 5.41) is 4.00. The third-order valence-electron chi connectivity index (χ3n) is 2.68. The van der Waals surface area contributed by atoms with Crippen LogP contribution in [-0.2, 0) is 0 Å². The van der Waals surface area contributed by atoms with E-state index in [1.165, 1.54) is 12.0 Å². The second-order valence-electron chi connectivity index (χ2n) is 3.51. The van der Waals surface area contributed by atoms with Crippen molar-refractivity contribution in [2.45, 2.75) is 19.3 Å². The van der Waals surface area contributed by atoms with Gasteiger partial charge in [-0.25, -0.2) is 4.98 Å². The van der Waals surface area contributed by atoms with Gasteiger partial charge in [0.05, 0.1) is 0 Å². The molecule has 1 fully saturated rings. The highest BCUT2D eigenvalue weighted by molar-refractivity contribution is 6.30. The van der Waals surface area contributed by atoms with Gasteiger partial charge in [0.1, 0.15) is 5.15 Å². The molecule has 1 atom stereocenters. The van der Waals surface area contributed by atoms with E-state index >= 15 is 0 Å². The van der Waals surface area contributed by atoms with Crippen LogP contribution in [0.3, 0.4) is 0 Å². The highest BCUT2D eigenvalue weighted by Crippen LogP contribution is 2.27. The van der Waals surface area contributed by atoms with Crippen LogP contribution in [0.1, 0.15) is 23.5 Å². The van der Waals surface area contributed by atoms with Crippen LogP contribution in [0.15, 0.2) is 12.3 Å². The average Bonchev–Trinajstić information content (AvgIpc) is 2.62. The van der Waals surface area contributed by atoms with E-state index in [-0.39, 0.29) is 0 Å². The molecule has 3 heteroatoms.